The van der Waals surface area contributed by atoms with Crippen molar-refractivity contribution in [2.75, 3.05) is 39.6 Å². The summed E-state index contributed by atoms with van der Waals surface area (Å²) >= 11 is 0. The molecule has 1 saturated heterocycles. The van der Waals surface area contributed by atoms with Crippen molar-refractivity contribution in [3.8, 4) is 5.75 Å². The maximum absolute atomic E-state index is 13.0. The second kappa shape index (κ2) is 7.56. The number of rotatable bonds is 6. The number of hydrogen-bond donors (Lipinski definition) is 1. The van der Waals surface area contributed by atoms with Gasteiger partial charge < -0.3 is 19.9 Å². The van der Waals surface area contributed by atoms with Gasteiger partial charge in [0.15, 0.2) is 0 Å². The fourth-order valence-corrected chi connectivity index (χ4v) is 3.63. The van der Waals surface area contributed by atoms with Gasteiger partial charge in [-0.3, -0.25) is 9.59 Å². The first-order valence-corrected chi connectivity index (χ1v) is 9.35. The second-order valence-corrected chi connectivity index (χ2v) is 7.67. The molecule has 0 spiro atoms. The molecular weight excluding hydrogens is 330 g/mol. The summed E-state index contributed by atoms with van der Waals surface area (Å²) in [7, 11) is 5.19. The van der Waals surface area contributed by atoms with Crippen LogP contribution in [0.4, 0.5) is 5.69 Å². The SMILES string of the molecule is COc1cccc(NC2(C(=O)N(C)C)CCN(C(=O)CC3CC3)CC2)c1. The molecule has 2 fully saturated rings. The number of nitrogens with zero attached hydrogens (tertiary/aromatic N) is 2. The number of benzene rings is 1. The first-order valence-electron chi connectivity index (χ1n) is 9.35. The van der Waals surface area contributed by atoms with Gasteiger partial charge in [-0.25, -0.2) is 0 Å². The fraction of sp³-hybridized carbons (Fsp3) is 0.600. The fourth-order valence-electron chi connectivity index (χ4n) is 3.63. The number of anilines is 1. The minimum Gasteiger partial charge on any atom is -0.497 e. The molecular formula is C20H29N3O3. The van der Waals surface area contributed by atoms with Gasteiger partial charge >= 0.3 is 0 Å². The molecule has 0 aromatic heterocycles. The van der Waals surface area contributed by atoms with E-state index >= 15 is 0 Å². The van der Waals surface area contributed by atoms with Crippen molar-refractivity contribution in [2.24, 2.45) is 5.92 Å². The summed E-state index contributed by atoms with van der Waals surface area (Å²) in [5, 5.41) is 3.45. The first kappa shape index (κ1) is 18.5. The molecule has 1 aromatic carbocycles. The van der Waals surface area contributed by atoms with Crippen molar-refractivity contribution in [2.45, 2.75) is 37.6 Å². The van der Waals surface area contributed by atoms with E-state index in [1.54, 1.807) is 26.1 Å². The van der Waals surface area contributed by atoms with E-state index in [1.807, 2.05) is 29.2 Å². The molecule has 1 aliphatic heterocycles. The third kappa shape index (κ3) is 4.11. The van der Waals surface area contributed by atoms with Crippen LogP contribution in [0.15, 0.2) is 24.3 Å². The lowest BCUT2D eigenvalue weighted by atomic mass is 9.85. The minimum atomic E-state index is -0.688. The molecule has 3 rings (SSSR count). The zero-order valence-electron chi connectivity index (χ0n) is 16.0. The van der Waals surface area contributed by atoms with Crippen LogP contribution in [-0.4, -0.2) is 61.4 Å². The van der Waals surface area contributed by atoms with Crippen molar-refractivity contribution >= 4 is 17.5 Å². The van der Waals surface area contributed by atoms with Gasteiger partial charge in [0.2, 0.25) is 11.8 Å². The lowest BCUT2D eigenvalue weighted by Gasteiger charge is -2.43. The molecule has 1 aliphatic carbocycles. The molecule has 142 valence electrons. The molecule has 0 unspecified atom stereocenters. The molecule has 26 heavy (non-hydrogen) atoms. The Hall–Kier alpha value is -2.24. The Balaban J connectivity index is 1.73. The van der Waals surface area contributed by atoms with E-state index in [2.05, 4.69) is 5.32 Å². The van der Waals surface area contributed by atoms with E-state index < -0.39 is 5.54 Å². The number of carbonyl (C=O) groups is 2. The Bertz CT molecular complexity index is 662. The summed E-state index contributed by atoms with van der Waals surface area (Å²) in [5.41, 5.74) is 0.170. The number of hydrogen-bond acceptors (Lipinski definition) is 4. The summed E-state index contributed by atoms with van der Waals surface area (Å²) < 4.78 is 5.29. The summed E-state index contributed by atoms with van der Waals surface area (Å²) in [5.74, 6) is 1.63. The summed E-state index contributed by atoms with van der Waals surface area (Å²) in [6.07, 6.45) is 4.24. The lowest BCUT2D eigenvalue weighted by Crippen LogP contribution is -2.58. The minimum absolute atomic E-state index is 0.0506. The van der Waals surface area contributed by atoms with E-state index in [-0.39, 0.29) is 11.8 Å². The molecule has 2 amide bonds. The summed E-state index contributed by atoms with van der Waals surface area (Å²) in [6, 6.07) is 7.63. The van der Waals surface area contributed by atoms with Crippen molar-refractivity contribution in [3.63, 3.8) is 0 Å². The summed E-state index contributed by atoms with van der Waals surface area (Å²) in [6.45, 7) is 1.23. The highest BCUT2D eigenvalue weighted by molar-refractivity contribution is 5.90. The third-order valence-electron chi connectivity index (χ3n) is 5.40. The van der Waals surface area contributed by atoms with Crippen LogP contribution in [0, 0.1) is 5.92 Å². The topological polar surface area (TPSA) is 61.9 Å². The number of nitrogens with one attached hydrogen (secondary N) is 1. The number of likely N-dealkylation sites (N-methyl/N-ethyl adjacent to an activating group) is 1. The van der Waals surface area contributed by atoms with Gasteiger partial charge in [-0.2, -0.15) is 0 Å². The standard InChI is InChI=1S/C20H29N3O3/c1-22(2)19(25)20(21-16-5-4-6-17(14-16)26-3)9-11-23(12-10-20)18(24)13-15-7-8-15/h4-6,14-15,21H,7-13H2,1-3H3. The molecule has 2 aliphatic rings. The molecule has 6 heteroatoms. The molecule has 0 bridgehead atoms. The van der Waals surface area contributed by atoms with Crippen LogP contribution in [0.25, 0.3) is 0 Å². The zero-order valence-corrected chi connectivity index (χ0v) is 16.0. The van der Waals surface area contributed by atoms with Gasteiger partial charge in [0.05, 0.1) is 7.11 Å². The van der Waals surface area contributed by atoms with E-state index in [0.29, 0.717) is 38.3 Å². The average Bonchev–Trinajstić information content (AvgIpc) is 3.45. The van der Waals surface area contributed by atoms with Crippen LogP contribution in [0.1, 0.15) is 32.1 Å². The highest BCUT2D eigenvalue weighted by Gasteiger charge is 2.43. The van der Waals surface area contributed by atoms with Gasteiger partial charge in [-0.05, 0) is 43.7 Å². The van der Waals surface area contributed by atoms with Crippen LogP contribution in [0.2, 0.25) is 0 Å². The lowest BCUT2D eigenvalue weighted by molar-refractivity contribution is -0.139. The molecule has 6 nitrogen and oxygen atoms in total. The monoisotopic (exact) mass is 359 g/mol. The Morgan fingerprint density at radius 1 is 1.27 bits per heavy atom. The van der Waals surface area contributed by atoms with Gasteiger partial charge in [0.25, 0.3) is 0 Å². The molecule has 1 saturated carbocycles. The number of methoxy groups -OCH3 is 1. The largest absolute Gasteiger partial charge is 0.497 e. The highest BCUT2D eigenvalue weighted by Crippen LogP contribution is 2.35. The highest BCUT2D eigenvalue weighted by atomic mass is 16.5. The van der Waals surface area contributed by atoms with Gasteiger partial charge in [-0.15, -0.1) is 0 Å². The Kier molecular flexibility index (Phi) is 5.39. The first-order chi connectivity index (χ1) is 12.4. The van der Waals surface area contributed by atoms with Crippen LogP contribution < -0.4 is 10.1 Å². The average molecular weight is 359 g/mol. The van der Waals surface area contributed by atoms with Crippen LogP contribution in [0.5, 0.6) is 5.75 Å². The number of ether oxygens (including phenoxy) is 1. The van der Waals surface area contributed by atoms with E-state index in [9.17, 15) is 9.59 Å². The van der Waals surface area contributed by atoms with Crippen molar-refractivity contribution in [1.82, 2.24) is 9.80 Å². The van der Waals surface area contributed by atoms with Crippen molar-refractivity contribution in [3.05, 3.63) is 24.3 Å². The third-order valence-corrected chi connectivity index (χ3v) is 5.40. The Labute approximate surface area is 155 Å². The maximum Gasteiger partial charge on any atom is 0.247 e. The smallest absolute Gasteiger partial charge is 0.247 e. The predicted molar refractivity (Wildman–Crippen MR) is 101 cm³/mol. The summed E-state index contributed by atoms with van der Waals surface area (Å²) in [4.78, 5) is 28.9. The van der Waals surface area contributed by atoms with E-state index in [0.717, 1.165) is 11.4 Å². The van der Waals surface area contributed by atoms with E-state index in [1.165, 1.54) is 12.8 Å². The van der Waals surface area contributed by atoms with Gasteiger partial charge in [0, 0.05) is 45.4 Å². The number of piperidine rings is 1. The van der Waals surface area contributed by atoms with Crippen LogP contribution in [-0.2, 0) is 9.59 Å². The Morgan fingerprint density at radius 2 is 1.96 bits per heavy atom. The Morgan fingerprint density at radius 3 is 2.54 bits per heavy atom. The molecule has 0 atom stereocenters. The predicted octanol–water partition coefficient (Wildman–Crippen LogP) is 2.36. The van der Waals surface area contributed by atoms with Crippen LogP contribution >= 0.6 is 0 Å². The molecule has 0 radical (unpaired) electrons. The van der Waals surface area contributed by atoms with Crippen molar-refractivity contribution < 1.29 is 14.3 Å². The normalized spacial score (nSPS) is 19.0. The molecule has 1 heterocycles. The van der Waals surface area contributed by atoms with E-state index in [4.69, 9.17) is 4.74 Å². The second-order valence-electron chi connectivity index (χ2n) is 7.67. The number of likely N-dealkylation sites (tertiary alicyclic amines) is 1. The molecule has 1 N–H and O–H groups in total. The maximum atomic E-state index is 13.0. The van der Waals surface area contributed by atoms with Gasteiger partial charge in [-0.1, -0.05) is 6.07 Å². The number of amides is 2. The molecule has 1 aromatic rings. The zero-order chi connectivity index (χ0) is 18.7. The quantitative estimate of drug-likeness (QED) is 0.847. The van der Waals surface area contributed by atoms with Gasteiger partial charge in [0.1, 0.15) is 11.3 Å². The van der Waals surface area contributed by atoms with Crippen LogP contribution in [0.3, 0.4) is 0 Å². The number of carbonyl (C=O) groups excluding carboxylic acids is 2. The van der Waals surface area contributed by atoms with Crippen molar-refractivity contribution in [1.29, 1.82) is 0 Å².